The summed E-state index contributed by atoms with van der Waals surface area (Å²) in [5.41, 5.74) is 12.8. The molecule has 0 spiro atoms. The number of halogens is 1. The number of imidazole rings is 1. The summed E-state index contributed by atoms with van der Waals surface area (Å²) in [6, 6.07) is 5.50. The van der Waals surface area contributed by atoms with Crippen molar-refractivity contribution in [3.05, 3.63) is 34.9 Å². The van der Waals surface area contributed by atoms with Crippen molar-refractivity contribution in [1.29, 1.82) is 0 Å². The van der Waals surface area contributed by atoms with E-state index in [0.29, 0.717) is 18.1 Å². The van der Waals surface area contributed by atoms with E-state index in [1.807, 2.05) is 23.6 Å². The summed E-state index contributed by atoms with van der Waals surface area (Å²) in [6.07, 6.45) is 0. The molecule has 0 aliphatic rings. The number of esters is 1. The molecular formula is C19H23ClN7O4+. The van der Waals surface area contributed by atoms with Crippen LogP contribution in [0.3, 0.4) is 0 Å². The first-order valence-corrected chi connectivity index (χ1v) is 9.70. The number of nitrogens with zero attached hydrogens (tertiary/aromatic N) is 4. The van der Waals surface area contributed by atoms with E-state index in [0.717, 1.165) is 11.0 Å². The number of amides is 1. The maximum atomic E-state index is 12.7. The SMILES string of the molecule is CCn1c(CNC(=O)c2nc(Cl)c(N)nc2N)[n+](CC(=O)OC)c2ccc(OC)cc21. The minimum atomic E-state index is -0.581. The number of benzene rings is 1. The van der Waals surface area contributed by atoms with E-state index < -0.39 is 11.9 Å². The molecule has 2 heterocycles. The number of carbonyl (C=O) groups excluding carboxylic acids is 2. The lowest BCUT2D eigenvalue weighted by Crippen LogP contribution is -2.44. The van der Waals surface area contributed by atoms with E-state index >= 15 is 0 Å². The van der Waals surface area contributed by atoms with Crippen LogP contribution in [0.4, 0.5) is 11.6 Å². The summed E-state index contributed by atoms with van der Waals surface area (Å²) in [7, 11) is 2.89. The maximum absolute atomic E-state index is 12.7. The second kappa shape index (κ2) is 9.04. The Morgan fingerprint density at radius 3 is 2.61 bits per heavy atom. The Labute approximate surface area is 182 Å². The molecule has 0 unspecified atom stereocenters. The molecule has 0 fully saturated rings. The van der Waals surface area contributed by atoms with Gasteiger partial charge in [0.1, 0.15) is 12.3 Å². The van der Waals surface area contributed by atoms with Crippen LogP contribution in [0.15, 0.2) is 18.2 Å². The molecule has 0 aliphatic carbocycles. The molecule has 0 saturated carbocycles. The quantitative estimate of drug-likeness (QED) is 0.352. The molecule has 3 rings (SSSR count). The number of fused-ring (bicyclic) bond motifs is 1. The van der Waals surface area contributed by atoms with Crippen LogP contribution in [0, 0.1) is 0 Å². The van der Waals surface area contributed by atoms with E-state index in [-0.39, 0.29) is 35.6 Å². The second-order valence-electron chi connectivity index (χ2n) is 6.49. The highest BCUT2D eigenvalue weighted by atomic mass is 35.5. The molecule has 0 radical (unpaired) electrons. The van der Waals surface area contributed by atoms with Crippen LogP contribution in [0.2, 0.25) is 5.15 Å². The monoisotopic (exact) mass is 448 g/mol. The fourth-order valence-corrected chi connectivity index (χ4v) is 3.39. The number of hydrogen-bond acceptors (Lipinski definition) is 8. The third-order valence-corrected chi connectivity index (χ3v) is 5.02. The summed E-state index contributed by atoms with van der Waals surface area (Å²) >= 11 is 5.87. The van der Waals surface area contributed by atoms with Gasteiger partial charge in [0, 0.05) is 6.07 Å². The fourth-order valence-electron chi connectivity index (χ4n) is 3.26. The number of aromatic nitrogens is 4. The van der Waals surface area contributed by atoms with Gasteiger partial charge in [-0.15, -0.1) is 0 Å². The zero-order chi connectivity index (χ0) is 22.7. The Morgan fingerprint density at radius 1 is 1.23 bits per heavy atom. The van der Waals surface area contributed by atoms with E-state index in [2.05, 4.69) is 15.3 Å². The van der Waals surface area contributed by atoms with Gasteiger partial charge >= 0.3 is 5.97 Å². The van der Waals surface area contributed by atoms with Gasteiger partial charge in [0.15, 0.2) is 40.1 Å². The van der Waals surface area contributed by atoms with E-state index in [1.165, 1.54) is 7.11 Å². The molecule has 164 valence electrons. The highest BCUT2D eigenvalue weighted by Crippen LogP contribution is 2.22. The number of nitrogen functional groups attached to an aromatic ring is 2. The molecule has 1 amide bonds. The Bertz CT molecular complexity index is 1160. The summed E-state index contributed by atoms with van der Waals surface area (Å²) in [5, 5.41) is 2.64. The molecule has 11 nitrogen and oxygen atoms in total. The van der Waals surface area contributed by atoms with Crippen LogP contribution in [-0.2, 0) is 29.2 Å². The zero-order valence-corrected chi connectivity index (χ0v) is 18.1. The standard InChI is InChI=1S/C19H22ClN7O4/c1-4-26-12-7-10(30-2)5-6-11(12)27(9-14(28)31-3)13(26)8-23-19(29)15-17(21)25-18(22)16(20)24-15/h5-7H,4,8-9H2,1-3H3,(H4-,21,22,23,25,29)/p+1. The van der Waals surface area contributed by atoms with E-state index in [9.17, 15) is 9.59 Å². The van der Waals surface area contributed by atoms with Crippen molar-refractivity contribution < 1.29 is 23.6 Å². The first-order valence-electron chi connectivity index (χ1n) is 9.33. The molecule has 0 atom stereocenters. The molecule has 1 aromatic carbocycles. The van der Waals surface area contributed by atoms with Crippen LogP contribution in [0.5, 0.6) is 5.75 Å². The number of rotatable bonds is 7. The number of methoxy groups -OCH3 is 2. The summed E-state index contributed by atoms with van der Waals surface area (Å²) in [4.78, 5) is 32.5. The summed E-state index contributed by atoms with van der Waals surface area (Å²) in [5.74, 6) is 0.123. The van der Waals surface area contributed by atoms with Crippen molar-refractivity contribution in [3.63, 3.8) is 0 Å². The number of nitrogens with two attached hydrogens (primary N) is 2. The smallest absolute Gasteiger partial charge is 0.348 e. The Morgan fingerprint density at radius 2 is 1.97 bits per heavy atom. The number of ether oxygens (including phenoxy) is 2. The predicted octanol–water partition coefficient (Wildman–Crippen LogP) is 0.668. The maximum Gasteiger partial charge on any atom is 0.348 e. The molecule has 5 N–H and O–H groups in total. The molecule has 3 aromatic rings. The number of hydrogen-bond donors (Lipinski definition) is 3. The minimum absolute atomic E-state index is 0.0345. The molecular weight excluding hydrogens is 426 g/mol. The molecule has 0 aliphatic heterocycles. The molecule has 31 heavy (non-hydrogen) atoms. The lowest BCUT2D eigenvalue weighted by atomic mass is 10.3. The normalized spacial score (nSPS) is 10.8. The van der Waals surface area contributed by atoms with Gasteiger partial charge in [-0.25, -0.2) is 23.9 Å². The van der Waals surface area contributed by atoms with Crippen molar-refractivity contribution in [2.75, 3.05) is 25.7 Å². The third-order valence-electron chi connectivity index (χ3n) is 4.75. The largest absolute Gasteiger partial charge is 0.497 e. The Kier molecular flexibility index (Phi) is 6.44. The predicted molar refractivity (Wildman–Crippen MR) is 113 cm³/mol. The number of anilines is 2. The van der Waals surface area contributed by atoms with Crippen LogP contribution in [-0.4, -0.2) is 40.6 Å². The Balaban J connectivity index is 2.02. The van der Waals surface area contributed by atoms with Gasteiger partial charge in [0.25, 0.3) is 11.7 Å². The first-order chi connectivity index (χ1) is 14.8. The van der Waals surface area contributed by atoms with Gasteiger partial charge in [-0.2, -0.15) is 0 Å². The third kappa shape index (κ3) is 4.31. The van der Waals surface area contributed by atoms with Gasteiger partial charge in [-0.1, -0.05) is 11.6 Å². The topological polar surface area (TPSA) is 151 Å². The van der Waals surface area contributed by atoms with Crippen molar-refractivity contribution >= 4 is 46.1 Å². The number of carbonyl (C=O) groups is 2. The minimum Gasteiger partial charge on any atom is -0.497 e. The van der Waals surface area contributed by atoms with Crippen molar-refractivity contribution in [2.45, 2.75) is 26.6 Å². The van der Waals surface area contributed by atoms with Crippen LogP contribution >= 0.6 is 11.6 Å². The molecule has 0 saturated heterocycles. The van der Waals surface area contributed by atoms with Crippen LogP contribution in [0.1, 0.15) is 23.2 Å². The fraction of sp³-hybridized carbons (Fsp3) is 0.316. The first kappa shape index (κ1) is 22.1. The lowest BCUT2D eigenvalue weighted by Gasteiger charge is -2.08. The molecule has 12 heteroatoms. The Hall–Kier alpha value is -3.60. The highest BCUT2D eigenvalue weighted by molar-refractivity contribution is 6.31. The molecule has 0 bridgehead atoms. The lowest BCUT2D eigenvalue weighted by molar-refractivity contribution is -0.669. The zero-order valence-electron chi connectivity index (χ0n) is 17.3. The van der Waals surface area contributed by atoms with E-state index in [1.54, 1.807) is 17.7 Å². The van der Waals surface area contributed by atoms with Gasteiger partial charge in [-0.05, 0) is 19.1 Å². The van der Waals surface area contributed by atoms with Gasteiger partial charge in [0.05, 0.1) is 20.8 Å². The average molecular weight is 449 g/mol. The number of nitrogens with one attached hydrogen (secondary N) is 1. The van der Waals surface area contributed by atoms with Gasteiger partial charge < -0.3 is 26.3 Å². The second-order valence-corrected chi connectivity index (χ2v) is 6.85. The van der Waals surface area contributed by atoms with E-state index in [4.69, 9.17) is 32.5 Å². The van der Waals surface area contributed by atoms with Crippen molar-refractivity contribution in [2.24, 2.45) is 0 Å². The average Bonchev–Trinajstić information content (AvgIpc) is 3.05. The van der Waals surface area contributed by atoms with Crippen molar-refractivity contribution in [1.82, 2.24) is 19.9 Å². The molecule has 2 aromatic heterocycles. The summed E-state index contributed by atoms with van der Waals surface area (Å²) < 4.78 is 13.9. The summed E-state index contributed by atoms with van der Waals surface area (Å²) in [6.45, 7) is 2.57. The van der Waals surface area contributed by atoms with Gasteiger partial charge in [-0.3, -0.25) is 4.79 Å². The van der Waals surface area contributed by atoms with Crippen molar-refractivity contribution in [3.8, 4) is 5.75 Å². The van der Waals surface area contributed by atoms with Crippen LogP contribution in [0.25, 0.3) is 11.0 Å². The highest BCUT2D eigenvalue weighted by Gasteiger charge is 2.27. The van der Waals surface area contributed by atoms with Crippen LogP contribution < -0.4 is 26.1 Å². The van der Waals surface area contributed by atoms with Gasteiger partial charge in [0.2, 0.25) is 0 Å². The number of aryl methyl sites for hydroxylation is 1.